The predicted molar refractivity (Wildman–Crippen MR) is 325 cm³/mol. The number of nitrogens with zero attached hydrogens (tertiary/aromatic N) is 3. The van der Waals surface area contributed by atoms with E-state index in [9.17, 15) is 45.5 Å². The van der Waals surface area contributed by atoms with Crippen molar-refractivity contribution in [1.29, 1.82) is 0 Å². The molecule has 2 atom stereocenters. The molecule has 0 unspecified atom stereocenters. The van der Waals surface area contributed by atoms with Crippen LogP contribution in [0.4, 0.5) is 24.2 Å². The number of aromatic nitrogens is 2. The van der Waals surface area contributed by atoms with E-state index >= 15 is 4.39 Å². The zero-order valence-electron chi connectivity index (χ0n) is 47.1. The number of carboxylic acids is 2. The van der Waals surface area contributed by atoms with Crippen molar-refractivity contribution < 1.29 is 74.0 Å². The molecule has 0 fully saturated rings. The maximum atomic E-state index is 15.6. The van der Waals surface area contributed by atoms with Crippen LogP contribution >= 0.6 is 69.1 Å². The Balaban J connectivity index is 0.000000331. The molecule has 86 heavy (non-hydrogen) atoms. The first-order valence-corrected chi connectivity index (χ1v) is 32.5. The Hall–Kier alpha value is -5.98. The first-order valence-electron chi connectivity index (χ1n) is 26.0. The summed E-state index contributed by atoms with van der Waals surface area (Å²) in [6.45, 7) is 11.5. The zero-order valence-corrected chi connectivity index (χ0v) is 53.4. The first-order chi connectivity index (χ1) is 40.2. The van der Waals surface area contributed by atoms with Gasteiger partial charge in [-0.25, -0.2) is 50.0 Å². The van der Waals surface area contributed by atoms with Crippen molar-refractivity contribution in [2.75, 3.05) is 30.5 Å². The van der Waals surface area contributed by atoms with Gasteiger partial charge in [-0.15, -0.1) is 27.0 Å². The molecule has 0 saturated carbocycles. The molecule has 2 amide bonds. The van der Waals surface area contributed by atoms with Crippen LogP contribution in [0.1, 0.15) is 84.0 Å². The maximum absolute atomic E-state index is 15.6. The van der Waals surface area contributed by atoms with Crippen molar-refractivity contribution in [1.82, 2.24) is 25.9 Å². The molecule has 31 heteroatoms. The predicted octanol–water partition coefficient (Wildman–Crippen LogP) is 12.1. The van der Waals surface area contributed by atoms with E-state index in [1.165, 1.54) is 27.7 Å². The van der Waals surface area contributed by atoms with Gasteiger partial charge in [-0.05, 0) is 166 Å². The molecular formula is C55H63Cl4F2N7O14S4. The third-order valence-electron chi connectivity index (χ3n) is 11.5. The third kappa shape index (κ3) is 22.0. The average molecular weight is 1350 g/mol. The Morgan fingerprint density at radius 1 is 0.663 bits per heavy atom. The van der Waals surface area contributed by atoms with Crippen LogP contribution < -0.4 is 35.5 Å². The van der Waals surface area contributed by atoms with E-state index in [1.54, 1.807) is 83.3 Å². The number of halogens is 6. The molecule has 6 rings (SSSR count). The molecule has 0 aliphatic rings. The van der Waals surface area contributed by atoms with Gasteiger partial charge in [-0.1, -0.05) is 46.4 Å². The number of sulfonamides is 1. The van der Waals surface area contributed by atoms with E-state index < -0.39 is 94.4 Å². The average Bonchev–Trinajstić information content (AvgIpc) is 1.78. The lowest BCUT2D eigenvalue weighted by Gasteiger charge is -2.26. The van der Waals surface area contributed by atoms with Gasteiger partial charge >= 0.3 is 24.1 Å². The van der Waals surface area contributed by atoms with Crippen LogP contribution in [-0.4, -0.2) is 111 Å². The van der Waals surface area contributed by atoms with Crippen molar-refractivity contribution in [3.05, 3.63) is 131 Å². The molecule has 0 aliphatic carbocycles. The topological polar surface area (TPSA) is 305 Å². The van der Waals surface area contributed by atoms with Crippen LogP contribution in [0.3, 0.4) is 0 Å². The van der Waals surface area contributed by atoms with Gasteiger partial charge in [-0.3, -0.25) is 4.79 Å². The number of anilines is 1. The van der Waals surface area contributed by atoms with E-state index in [2.05, 4.69) is 25.9 Å². The van der Waals surface area contributed by atoms with Crippen LogP contribution in [0.2, 0.25) is 20.1 Å². The number of benzene rings is 4. The summed E-state index contributed by atoms with van der Waals surface area (Å²) in [5.41, 5.74) is 8.13. The number of aryl methyl sites for hydroxylation is 2. The monoisotopic (exact) mass is 1350 g/mol. The fraction of sp³-hybridized carbons (Fsp3) is 0.382. The maximum Gasteiger partial charge on any atom is 0.430 e. The fourth-order valence-electron chi connectivity index (χ4n) is 7.53. The lowest BCUT2D eigenvalue weighted by molar-refractivity contribution is -0.140. The molecule has 0 radical (unpaired) electrons. The van der Waals surface area contributed by atoms with E-state index in [-0.39, 0.29) is 50.4 Å². The molecule has 468 valence electrons. The second-order valence-electron chi connectivity index (χ2n) is 20.7. The quantitative estimate of drug-likeness (QED) is 0.0261. The third-order valence-corrected chi connectivity index (χ3v) is 17.1. The van der Waals surface area contributed by atoms with Crippen molar-refractivity contribution in [3.63, 3.8) is 0 Å². The molecule has 7 N–H and O–H groups in total. The van der Waals surface area contributed by atoms with E-state index in [4.69, 9.17) is 76.2 Å². The minimum absolute atomic E-state index is 0.0360. The van der Waals surface area contributed by atoms with E-state index in [0.717, 1.165) is 41.2 Å². The second kappa shape index (κ2) is 31.8. The lowest BCUT2D eigenvalue weighted by atomic mass is 10.1. The molecule has 0 saturated heterocycles. The summed E-state index contributed by atoms with van der Waals surface area (Å²) in [6.07, 6.45) is 0.502. The van der Waals surface area contributed by atoms with Crippen LogP contribution in [0.25, 0.3) is 0 Å². The van der Waals surface area contributed by atoms with Gasteiger partial charge in [0.1, 0.15) is 67.7 Å². The molecular weight excluding hydrogens is 1290 g/mol. The Bertz CT molecular complexity index is 3540. The van der Waals surface area contributed by atoms with Crippen LogP contribution in [-0.2, 0) is 57.5 Å². The molecule has 6 aromatic rings. The highest BCUT2D eigenvalue weighted by molar-refractivity contribution is 7.93. The van der Waals surface area contributed by atoms with Crippen molar-refractivity contribution >= 4 is 119 Å². The summed E-state index contributed by atoms with van der Waals surface area (Å²) >= 11 is 27.3. The highest BCUT2D eigenvalue weighted by Crippen LogP contribution is 2.39. The van der Waals surface area contributed by atoms with Gasteiger partial charge in [0.15, 0.2) is 15.7 Å². The number of aliphatic carboxylic acids is 2. The summed E-state index contributed by atoms with van der Waals surface area (Å²) in [5, 5.41) is 30.3. The van der Waals surface area contributed by atoms with Gasteiger partial charge < -0.3 is 50.8 Å². The molecule has 0 bridgehead atoms. The summed E-state index contributed by atoms with van der Waals surface area (Å²) < 4.78 is 105. The van der Waals surface area contributed by atoms with Crippen LogP contribution in [0, 0.1) is 11.6 Å². The minimum Gasteiger partial charge on any atom is -0.480 e. The number of nitrogens with one attached hydrogen (secondary N) is 3. The van der Waals surface area contributed by atoms with Gasteiger partial charge in [0.2, 0.25) is 0 Å². The summed E-state index contributed by atoms with van der Waals surface area (Å²) in [4.78, 5) is 53.7. The molecule has 2 aromatic heterocycles. The summed E-state index contributed by atoms with van der Waals surface area (Å²) in [6, 6.07) is 11.3. The zero-order chi connectivity index (χ0) is 63.7. The highest BCUT2D eigenvalue weighted by atomic mass is 35.5. The fourth-order valence-corrected chi connectivity index (χ4v) is 12.4. The standard InChI is InChI=1S/C32H39Cl2FN4O9S2.C23H24Cl2FN3O5S2/c1-31(2,3)47-29(42)38-23(28(40)41)11-13-36-12-7-8-19-14-20(33)9-10-24(19)46-25-16-22(35)26(15-21(25)34)50(44,45)39(27-17-49-18-37-27)30(43)48-32(4,5)6;24-15-3-4-20(14(8-15)2-1-6-28-7-5-19(27)23(30)31)34-21-10-18(26)22(9-17(21)25)36(32,33)12-16-11-35-13-29-16/h9-10,14-18,23,36H,7-8,11-13H2,1-6H3,(H,38,42)(H,40,41);3-4,8-11,13,19,28H,1-2,5-7,12,27H2,(H,30,31)/t23-;19-/m00/s1. The number of carboxylic acid groups (broad SMARTS) is 2. The molecule has 21 nitrogen and oxygen atoms in total. The number of hydrogen-bond donors (Lipinski definition) is 6. The first kappa shape index (κ1) is 70.8. The van der Waals surface area contributed by atoms with Gasteiger partial charge in [-0.2, -0.15) is 0 Å². The number of rotatable bonds is 27. The van der Waals surface area contributed by atoms with Crippen molar-refractivity contribution in [2.24, 2.45) is 5.73 Å². The van der Waals surface area contributed by atoms with Gasteiger partial charge in [0, 0.05) is 32.9 Å². The number of sulfone groups is 1. The Kier molecular flexibility index (Phi) is 26.2. The van der Waals surface area contributed by atoms with Gasteiger partial charge in [0.05, 0.1) is 32.5 Å². The van der Waals surface area contributed by atoms with Gasteiger partial charge in [0.25, 0.3) is 10.0 Å². The summed E-state index contributed by atoms with van der Waals surface area (Å²) in [7, 11) is -8.90. The Morgan fingerprint density at radius 3 is 1.64 bits per heavy atom. The largest absolute Gasteiger partial charge is 0.480 e. The Labute approximate surface area is 524 Å². The normalized spacial score (nSPS) is 12.5. The minimum atomic E-state index is -4.89. The smallest absolute Gasteiger partial charge is 0.430 e. The highest BCUT2D eigenvalue weighted by Gasteiger charge is 2.38. The molecule has 2 heterocycles. The number of thiazole rings is 2. The summed E-state index contributed by atoms with van der Waals surface area (Å²) in [5.74, 6) is -4.75. The molecule has 0 spiro atoms. The van der Waals surface area contributed by atoms with E-state index in [0.29, 0.717) is 78.8 Å². The lowest BCUT2D eigenvalue weighted by Crippen LogP contribution is -2.44. The van der Waals surface area contributed by atoms with Crippen molar-refractivity contribution in [2.45, 2.75) is 119 Å². The van der Waals surface area contributed by atoms with Crippen LogP contribution in [0.5, 0.6) is 23.0 Å². The number of hydrogen-bond acceptors (Lipinski definition) is 19. The number of carbonyl (C=O) groups excluding carboxylic acids is 2. The SMILES string of the molecule is CC(C)(C)OC(=O)N[C@@H](CCNCCCc1cc(Cl)ccc1Oc1cc(F)c(S(=O)(=O)N(C(=O)OC(C)(C)C)c2cscn2)cc1Cl)C(=O)O.N[C@@H](CCNCCCc1cc(Cl)ccc1Oc1cc(F)c(S(=O)(=O)Cc2cscn2)cc1Cl)C(=O)O. The number of alkyl carbamates (subject to hydrolysis) is 1. The second-order valence-corrected chi connectivity index (χ2v) is 27.6. The Morgan fingerprint density at radius 2 is 1.16 bits per heavy atom. The number of ether oxygens (including phenoxy) is 4. The van der Waals surface area contributed by atoms with Crippen molar-refractivity contribution in [3.8, 4) is 23.0 Å². The molecule has 0 aliphatic heterocycles. The number of nitrogens with two attached hydrogens (primary N) is 1. The molecule has 4 aromatic carbocycles. The van der Waals surface area contributed by atoms with Crippen LogP contribution in [0.15, 0.2) is 92.2 Å². The number of amides is 2. The van der Waals surface area contributed by atoms with E-state index in [1.807, 2.05) is 0 Å². The number of carbonyl (C=O) groups is 4.